The van der Waals surface area contributed by atoms with Gasteiger partial charge in [0.1, 0.15) is 0 Å². The lowest BCUT2D eigenvalue weighted by atomic mass is 10.4. The Balaban J connectivity index is 2.68. The molecule has 0 aliphatic rings. The zero-order valence-electron chi connectivity index (χ0n) is 5.88. The highest BCUT2D eigenvalue weighted by molar-refractivity contribution is 5.85. The largest absolute Gasteiger partial charge is 0.477 e. The van der Waals surface area contributed by atoms with Gasteiger partial charge in [-0.3, -0.25) is 0 Å². The van der Waals surface area contributed by atoms with Crippen molar-refractivity contribution in [1.29, 1.82) is 0 Å². The zero-order valence-corrected chi connectivity index (χ0v) is 5.88. The second kappa shape index (κ2) is 2.26. The number of hydrogen-bond acceptors (Lipinski definition) is 4. The summed E-state index contributed by atoms with van der Waals surface area (Å²) in [7, 11) is 0. The second-order valence-corrected chi connectivity index (χ2v) is 2.15. The van der Waals surface area contributed by atoms with E-state index in [4.69, 9.17) is 5.11 Å². The third-order valence-electron chi connectivity index (χ3n) is 1.38. The van der Waals surface area contributed by atoms with Crippen LogP contribution in [0.5, 0.6) is 0 Å². The van der Waals surface area contributed by atoms with Gasteiger partial charge in [0.15, 0.2) is 11.3 Å². The predicted molar refractivity (Wildman–Crippen MR) is 37.7 cm³/mol. The Morgan fingerprint density at radius 3 is 3.17 bits per heavy atom. The van der Waals surface area contributed by atoms with E-state index in [-0.39, 0.29) is 5.69 Å². The Morgan fingerprint density at radius 1 is 1.58 bits per heavy atom. The Bertz CT molecular complexity index is 436. The van der Waals surface area contributed by atoms with Crippen LogP contribution in [0.1, 0.15) is 10.5 Å². The summed E-state index contributed by atoms with van der Waals surface area (Å²) in [4.78, 5) is 14.2. The molecule has 0 fully saturated rings. The fraction of sp³-hybridized carbons (Fsp3) is 0. The summed E-state index contributed by atoms with van der Waals surface area (Å²) in [5.74, 6) is -1.06. The van der Waals surface area contributed by atoms with Crippen molar-refractivity contribution in [2.45, 2.75) is 0 Å². The molecule has 0 saturated carbocycles. The van der Waals surface area contributed by atoms with E-state index in [0.717, 1.165) is 0 Å². The summed E-state index contributed by atoms with van der Waals surface area (Å²) in [5, 5.41) is 15.8. The average Bonchev–Trinajstić information content (AvgIpc) is 2.49. The van der Waals surface area contributed by atoms with Gasteiger partial charge in [-0.15, -0.1) is 5.10 Å². The monoisotopic (exact) mass is 164 g/mol. The summed E-state index contributed by atoms with van der Waals surface area (Å²) in [6, 6.07) is 1.37. The standard InChI is InChI=1S/C6H4N4O2/c11-6(12)4-1-2-10-5(8-4)3-7-9-10/h1-3H,(H,11,12). The van der Waals surface area contributed by atoms with Gasteiger partial charge in [0, 0.05) is 6.20 Å². The molecule has 6 nitrogen and oxygen atoms in total. The molecule has 0 radical (unpaired) electrons. The second-order valence-electron chi connectivity index (χ2n) is 2.15. The molecule has 0 aliphatic heterocycles. The molecule has 0 unspecified atom stereocenters. The van der Waals surface area contributed by atoms with Crippen LogP contribution in [0.2, 0.25) is 0 Å². The van der Waals surface area contributed by atoms with Crippen LogP contribution in [-0.2, 0) is 0 Å². The van der Waals surface area contributed by atoms with Crippen molar-refractivity contribution in [3.8, 4) is 0 Å². The number of carboxylic acid groups (broad SMARTS) is 1. The van der Waals surface area contributed by atoms with Crippen molar-refractivity contribution >= 4 is 11.6 Å². The van der Waals surface area contributed by atoms with E-state index in [9.17, 15) is 4.79 Å². The highest BCUT2D eigenvalue weighted by atomic mass is 16.4. The van der Waals surface area contributed by atoms with Crippen LogP contribution in [0.15, 0.2) is 18.5 Å². The third-order valence-corrected chi connectivity index (χ3v) is 1.38. The average molecular weight is 164 g/mol. The summed E-state index contributed by atoms with van der Waals surface area (Å²) >= 11 is 0. The molecule has 2 heterocycles. The van der Waals surface area contributed by atoms with Crippen LogP contribution < -0.4 is 0 Å². The first kappa shape index (κ1) is 6.71. The number of carboxylic acids is 1. The van der Waals surface area contributed by atoms with Crippen molar-refractivity contribution in [1.82, 2.24) is 19.8 Å². The molecule has 0 aliphatic carbocycles. The Hall–Kier alpha value is -1.98. The van der Waals surface area contributed by atoms with Gasteiger partial charge < -0.3 is 5.11 Å². The lowest BCUT2D eigenvalue weighted by Gasteiger charge is -1.92. The van der Waals surface area contributed by atoms with Crippen LogP contribution in [0, 0.1) is 0 Å². The number of aromatic carboxylic acids is 1. The number of fused-ring (bicyclic) bond motifs is 1. The van der Waals surface area contributed by atoms with Gasteiger partial charge in [0.2, 0.25) is 0 Å². The van der Waals surface area contributed by atoms with E-state index in [1.165, 1.54) is 23.0 Å². The SMILES string of the molecule is O=C(O)c1ccn2nncc2n1. The topological polar surface area (TPSA) is 80.4 Å². The van der Waals surface area contributed by atoms with Crippen LogP contribution in [0.25, 0.3) is 5.65 Å². The summed E-state index contributed by atoms with van der Waals surface area (Å²) in [5.41, 5.74) is 0.416. The molecule has 2 rings (SSSR count). The molecule has 0 aromatic carbocycles. The van der Waals surface area contributed by atoms with Gasteiger partial charge in [-0.05, 0) is 6.07 Å². The molecule has 60 valence electrons. The lowest BCUT2D eigenvalue weighted by Crippen LogP contribution is -2.01. The normalized spacial score (nSPS) is 10.3. The molecule has 0 atom stereocenters. The molecule has 2 aromatic rings. The number of carbonyl (C=O) groups is 1. The Morgan fingerprint density at radius 2 is 2.42 bits per heavy atom. The summed E-state index contributed by atoms with van der Waals surface area (Å²) in [6.45, 7) is 0. The van der Waals surface area contributed by atoms with Crippen molar-refractivity contribution in [2.75, 3.05) is 0 Å². The first-order valence-electron chi connectivity index (χ1n) is 3.18. The fourth-order valence-corrected chi connectivity index (χ4v) is 0.845. The highest BCUT2D eigenvalue weighted by Gasteiger charge is 2.05. The molecule has 12 heavy (non-hydrogen) atoms. The molecular weight excluding hydrogens is 160 g/mol. The van der Waals surface area contributed by atoms with Crippen molar-refractivity contribution in [2.24, 2.45) is 0 Å². The number of nitrogens with zero attached hydrogens (tertiary/aromatic N) is 4. The molecule has 2 aromatic heterocycles. The van der Waals surface area contributed by atoms with Gasteiger partial charge in [-0.2, -0.15) is 0 Å². The van der Waals surface area contributed by atoms with Crippen molar-refractivity contribution in [3.05, 3.63) is 24.2 Å². The van der Waals surface area contributed by atoms with E-state index in [1.807, 2.05) is 0 Å². The van der Waals surface area contributed by atoms with Gasteiger partial charge >= 0.3 is 5.97 Å². The molecule has 0 bridgehead atoms. The predicted octanol–water partition coefficient (Wildman–Crippen LogP) is -0.178. The maximum atomic E-state index is 10.5. The molecule has 0 spiro atoms. The maximum Gasteiger partial charge on any atom is 0.354 e. The van der Waals surface area contributed by atoms with E-state index in [1.54, 1.807) is 0 Å². The Kier molecular flexibility index (Phi) is 1.26. The van der Waals surface area contributed by atoms with E-state index >= 15 is 0 Å². The number of rotatable bonds is 1. The summed E-state index contributed by atoms with van der Waals surface area (Å²) in [6.07, 6.45) is 2.89. The highest BCUT2D eigenvalue weighted by Crippen LogP contribution is 1.98. The smallest absolute Gasteiger partial charge is 0.354 e. The Labute approximate surface area is 66.5 Å². The zero-order chi connectivity index (χ0) is 8.55. The number of aromatic nitrogens is 4. The minimum absolute atomic E-state index is 0.00944. The molecule has 1 N–H and O–H groups in total. The first-order valence-corrected chi connectivity index (χ1v) is 3.18. The van der Waals surface area contributed by atoms with Gasteiger partial charge in [-0.25, -0.2) is 14.3 Å². The molecule has 0 saturated heterocycles. The van der Waals surface area contributed by atoms with Gasteiger partial charge in [-0.1, -0.05) is 5.21 Å². The minimum atomic E-state index is -1.06. The minimum Gasteiger partial charge on any atom is -0.477 e. The quantitative estimate of drug-likeness (QED) is 0.632. The van der Waals surface area contributed by atoms with Crippen molar-refractivity contribution in [3.63, 3.8) is 0 Å². The van der Waals surface area contributed by atoms with Crippen molar-refractivity contribution < 1.29 is 9.90 Å². The van der Waals surface area contributed by atoms with Crippen LogP contribution in [0.3, 0.4) is 0 Å². The van der Waals surface area contributed by atoms with Crippen LogP contribution in [-0.4, -0.2) is 30.9 Å². The van der Waals surface area contributed by atoms with E-state index in [0.29, 0.717) is 5.65 Å². The van der Waals surface area contributed by atoms with Crippen LogP contribution >= 0.6 is 0 Å². The molecular formula is C6H4N4O2. The number of hydrogen-bond donors (Lipinski definition) is 1. The van der Waals surface area contributed by atoms with Gasteiger partial charge in [0.25, 0.3) is 0 Å². The van der Waals surface area contributed by atoms with Gasteiger partial charge in [0.05, 0.1) is 6.20 Å². The molecule has 0 amide bonds. The fourth-order valence-electron chi connectivity index (χ4n) is 0.845. The lowest BCUT2D eigenvalue weighted by molar-refractivity contribution is 0.0690. The first-order chi connectivity index (χ1) is 5.77. The van der Waals surface area contributed by atoms with Crippen LogP contribution in [0.4, 0.5) is 0 Å². The third kappa shape index (κ3) is 0.895. The summed E-state index contributed by atoms with van der Waals surface area (Å²) < 4.78 is 1.40. The maximum absolute atomic E-state index is 10.5. The van der Waals surface area contributed by atoms with E-state index in [2.05, 4.69) is 15.3 Å². The van der Waals surface area contributed by atoms with E-state index < -0.39 is 5.97 Å². The molecule has 6 heteroatoms.